The first-order chi connectivity index (χ1) is 29.4. The molecule has 1 radical (unpaired) electrons. The van der Waals surface area contributed by atoms with Crippen molar-refractivity contribution in [2.24, 2.45) is 0 Å². The molecule has 7 heteroatoms. The van der Waals surface area contributed by atoms with Crippen molar-refractivity contribution < 1.29 is 24.5 Å². The Morgan fingerprint density at radius 3 is 1.97 bits per heavy atom. The van der Waals surface area contributed by atoms with Crippen LogP contribution >= 0.6 is 0 Å². The second kappa shape index (κ2) is 17.2. The van der Waals surface area contributed by atoms with Crippen LogP contribution in [-0.4, -0.2) is 27.6 Å². The van der Waals surface area contributed by atoms with Crippen LogP contribution in [-0.2, 0) is 20.1 Å². The predicted octanol–water partition coefficient (Wildman–Crippen LogP) is 14.6. The Morgan fingerprint density at radius 2 is 1.29 bits per heavy atom. The number of imidazole rings is 1. The van der Waals surface area contributed by atoms with Gasteiger partial charge in [0, 0.05) is 43.3 Å². The molecule has 0 saturated heterocycles. The molecule has 0 aliphatic carbocycles. The number of hydrogen-bond donors (Lipinski definition) is 0. The average Bonchev–Trinajstić information content (AvgIpc) is 3.85. The molecule has 4 heterocycles. The molecule has 62 heavy (non-hydrogen) atoms. The van der Waals surface area contributed by atoms with Gasteiger partial charge >= 0.3 is 0 Å². The standard InChI is InChI=1S/C38H30N3O.C17H22NSi.Ir/c1-22(2)24-19-20-30(36-34(24)29-16-11-21-39-38(29)42-36)37-40-31-17-9-10-18-32(31)41(37)35-28-15-8-6-13-26(28)25-12-5-7-14-27(25)33(35)23(3)4;1-13(2)15-11-16(14-9-7-6-8-10-14)18-12-17(15)19(3,4)5;/h5-19,21-23H,1-4H3;6-9,11-13H,1-5H3;/q2*-1;. The van der Waals surface area contributed by atoms with Gasteiger partial charge in [0.1, 0.15) is 0 Å². The smallest absolute Gasteiger partial charge is 0.216 e. The van der Waals surface area contributed by atoms with E-state index in [-0.39, 0.29) is 26.0 Å². The summed E-state index contributed by atoms with van der Waals surface area (Å²) in [4.78, 5) is 14.5. The van der Waals surface area contributed by atoms with Crippen molar-refractivity contribution in [1.29, 1.82) is 0 Å². The van der Waals surface area contributed by atoms with E-state index in [2.05, 4.69) is 191 Å². The fraction of sp³-hybridized carbons (Fsp3) is 0.218. The van der Waals surface area contributed by atoms with Gasteiger partial charge in [0.15, 0.2) is 0 Å². The molecule has 313 valence electrons. The number of fused-ring (bicyclic) bond motifs is 7. The van der Waals surface area contributed by atoms with E-state index < -0.39 is 8.07 Å². The molecule has 4 aromatic heterocycles. The van der Waals surface area contributed by atoms with E-state index in [9.17, 15) is 0 Å². The molecule has 10 rings (SSSR count). The monoisotopic (exact) mass is 1010 g/mol. The zero-order valence-corrected chi connectivity index (χ0v) is 40.4. The van der Waals surface area contributed by atoms with Gasteiger partial charge in [0.2, 0.25) is 5.71 Å². The molecule has 6 aromatic carbocycles. The zero-order valence-electron chi connectivity index (χ0n) is 37.0. The van der Waals surface area contributed by atoms with Gasteiger partial charge in [0.05, 0.1) is 36.2 Å². The van der Waals surface area contributed by atoms with Crippen molar-refractivity contribution in [1.82, 2.24) is 19.5 Å². The Labute approximate surface area is 379 Å². The second-order valence-electron chi connectivity index (χ2n) is 18.0. The van der Waals surface area contributed by atoms with Crippen LogP contribution in [0.25, 0.3) is 83.0 Å². The maximum atomic E-state index is 6.56. The fourth-order valence-corrected chi connectivity index (χ4v) is 10.7. The van der Waals surface area contributed by atoms with Crippen LogP contribution in [0.2, 0.25) is 19.6 Å². The van der Waals surface area contributed by atoms with Gasteiger partial charge in [-0.1, -0.05) is 150 Å². The van der Waals surface area contributed by atoms with Crippen LogP contribution < -0.4 is 5.19 Å². The van der Waals surface area contributed by atoms with Gasteiger partial charge in [-0.05, 0) is 68.7 Å². The number of pyridine rings is 2. The van der Waals surface area contributed by atoms with Crippen LogP contribution in [0.3, 0.4) is 0 Å². The summed E-state index contributed by atoms with van der Waals surface area (Å²) in [6.07, 6.45) is 3.88. The zero-order chi connectivity index (χ0) is 42.6. The van der Waals surface area contributed by atoms with E-state index in [0.717, 1.165) is 55.7 Å². The molecule has 0 saturated carbocycles. The second-order valence-corrected chi connectivity index (χ2v) is 23.1. The van der Waals surface area contributed by atoms with Crippen LogP contribution in [0.5, 0.6) is 0 Å². The SMILES string of the molecule is CC(C)c1c(-n2c(-c3[c-]cc(C(C)C)c4c3oc3ncccc34)nc3ccccc32)c2ccccc2c2ccccc12.CC(C)c1cc(-c2[c-]cccc2)ncc1[Si](C)(C)C.[Ir]. The molecule has 0 amide bonds. The molecule has 0 spiro atoms. The average molecular weight is 1010 g/mol. The van der Waals surface area contributed by atoms with E-state index >= 15 is 0 Å². The number of furan rings is 1. The minimum absolute atomic E-state index is 0. The molecule has 0 bridgehead atoms. The van der Waals surface area contributed by atoms with E-state index in [1.165, 1.54) is 43.4 Å². The number of para-hydroxylation sites is 2. The number of aromatic nitrogens is 4. The van der Waals surface area contributed by atoms with E-state index in [4.69, 9.17) is 9.40 Å². The molecule has 0 aliphatic heterocycles. The number of nitrogens with zero attached hydrogens (tertiary/aromatic N) is 4. The van der Waals surface area contributed by atoms with Gasteiger partial charge < -0.3 is 14.0 Å². The van der Waals surface area contributed by atoms with Gasteiger partial charge in [-0.3, -0.25) is 4.98 Å². The number of hydrogen-bond acceptors (Lipinski definition) is 4. The Morgan fingerprint density at radius 1 is 0.645 bits per heavy atom. The summed E-state index contributed by atoms with van der Waals surface area (Å²) in [5, 5.41) is 8.55. The molecular formula is C55H52IrN4OSi-2. The summed E-state index contributed by atoms with van der Waals surface area (Å²) < 4.78 is 8.90. The third kappa shape index (κ3) is 7.61. The minimum atomic E-state index is -1.34. The molecule has 0 N–H and O–H groups in total. The van der Waals surface area contributed by atoms with Gasteiger partial charge in [-0.15, -0.1) is 53.6 Å². The van der Waals surface area contributed by atoms with Crippen molar-refractivity contribution >= 4 is 67.9 Å². The van der Waals surface area contributed by atoms with Crippen molar-refractivity contribution in [2.75, 3.05) is 0 Å². The molecule has 0 aliphatic rings. The summed E-state index contributed by atoms with van der Waals surface area (Å²) in [5.74, 6) is 1.92. The van der Waals surface area contributed by atoms with Crippen LogP contribution in [0.1, 0.15) is 76.0 Å². The number of rotatable bonds is 7. The van der Waals surface area contributed by atoms with Gasteiger partial charge in [-0.2, -0.15) is 0 Å². The van der Waals surface area contributed by atoms with Gasteiger partial charge in [-0.25, -0.2) is 4.98 Å². The first-order valence-electron chi connectivity index (χ1n) is 21.5. The minimum Gasteiger partial charge on any atom is -0.486 e. The largest absolute Gasteiger partial charge is 0.486 e. The van der Waals surface area contributed by atoms with Crippen LogP contribution in [0.4, 0.5) is 0 Å². The summed E-state index contributed by atoms with van der Waals surface area (Å²) in [5.41, 5.74) is 11.5. The van der Waals surface area contributed by atoms with Crippen molar-refractivity contribution in [3.05, 3.63) is 163 Å². The third-order valence-electron chi connectivity index (χ3n) is 11.9. The van der Waals surface area contributed by atoms with Gasteiger partial charge in [0.25, 0.3) is 0 Å². The van der Waals surface area contributed by atoms with Crippen molar-refractivity contribution in [3.63, 3.8) is 0 Å². The maximum absolute atomic E-state index is 6.56. The third-order valence-corrected chi connectivity index (χ3v) is 13.9. The van der Waals surface area contributed by atoms with Crippen LogP contribution in [0, 0.1) is 12.1 Å². The summed E-state index contributed by atoms with van der Waals surface area (Å²) >= 11 is 0. The number of benzene rings is 6. The summed E-state index contributed by atoms with van der Waals surface area (Å²) in [7, 11) is -1.34. The first kappa shape index (κ1) is 42.9. The Balaban J connectivity index is 0.000000223. The molecule has 0 unspecified atom stereocenters. The van der Waals surface area contributed by atoms with Crippen LogP contribution in [0.15, 0.2) is 138 Å². The normalized spacial score (nSPS) is 11.9. The quantitative estimate of drug-likeness (QED) is 0.0907. The van der Waals surface area contributed by atoms with Crippen molar-refractivity contribution in [3.8, 4) is 28.3 Å². The Bertz CT molecular complexity index is 3230. The van der Waals surface area contributed by atoms with Crippen molar-refractivity contribution in [2.45, 2.75) is 78.9 Å². The molecule has 10 aromatic rings. The van der Waals surface area contributed by atoms with E-state index in [0.29, 0.717) is 17.5 Å². The molecular weight excluding hydrogens is 953 g/mol. The topological polar surface area (TPSA) is 56.7 Å². The van der Waals surface area contributed by atoms with E-state index in [1.807, 2.05) is 24.3 Å². The maximum Gasteiger partial charge on any atom is 0.216 e. The molecule has 5 nitrogen and oxygen atoms in total. The fourth-order valence-electron chi connectivity index (χ4n) is 8.97. The Hall–Kier alpha value is -5.72. The summed E-state index contributed by atoms with van der Waals surface area (Å²) in [6.45, 7) is 20.6. The van der Waals surface area contributed by atoms with E-state index in [1.54, 1.807) is 6.20 Å². The molecule has 0 fully saturated rings. The molecule has 0 atom stereocenters. The Kier molecular flexibility index (Phi) is 11.9. The summed E-state index contributed by atoms with van der Waals surface area (Å²) in [6, 6.07) is 49.3. The predicted molar refractivity (Wildman–Crippen MR) is 259 cm³/mol. The first-order valence-corrected chi connectivity index (χ1v) is 25.0.